The van der Waals surface area contributed by atoms with Gasteiger partial charge in [0.25, 0.3) is 0 Å². The maximum Gasteiger partial charge on any atom is 0.240 e. The number of anilines is 1. The standard InChI is InChI=1S/C15H18N4O3S/c1-22-12-3-5-13(6-4-12)23(20,21)19-11-2-7-14-10(8-11)9-17-15(16)18-14/h3-6,9,11,19H,2,7-8H2,1H3,(H2,16,17,18). The van der Waals surface area contributed by atoms with Gasteiger partial charge in [0, 0.05) is 17.9 Å². The number of aromatic nitrogens is 2. The SMILES string of the molecule is COc1ccc(S(=O)(=O)NC2CCc3nc(N)ncc3C2)cc1. The topological polar surface area (TPSA) is 107 Å². The molecule has 0 amide bonds. The molecule has 0 fully saturated rings. The molecule has 0 saturated carbocycles. The molecule has 1 aromatic heterocycles. The van der Waals surface area contributed by atoms with Crippen LogP contribution in [0.15, 0.2) is 35.4 Å². The fourth-order valence-electron chi connectivity index (χ4n) is 2.67. The molecular weight excluding hydrogens is 316 g/mol. The first-order valence-electron chi connectivity index (χ1n) is 7.24. The van der Waals surface area contributed by atoms with Crippen LogP contribution >= 0.6 is 0 Å². The molecule has 0 spiro atoms. The van der Waals surface area contributed by atoms with Crippen LogP contribution < -0.4 is 15.2 Å². The van der Waals surface area contributed by atoms with Crippen LogP contribution in [0.3, 0.4) is 0 Å². The molecule has 23 heavy (non-hydrogen) atoms. The predicted molar refractivity (Wildman–Crippen MR) is 85.6 cm³/mol. The van der Waals surface area contributed by atoms with E-state index in [1.54, 1.807) is 18.3 Å². The van der Waals surface area contributed by atoms with Crippen molar-refractivity contribution < 1.29 is 13.2 Å². The number of nitrogens with one attached hydrogen (secondary N) is 1. The van der Waals surface area contributed by atoms with Crippen LogP contribution in [0.25, 0.3) is 0 Å². The number of hydrogen-bond donors (Lipinski definition) is 2. The van der Waals surface area contributed by atoms with Crippen molar-refractivity contribution in [1.29, 1.82) is 0 Å². The molecule has 7 nitrogen and oxygen atoms in total. The Labute approximate surface area is 135 Å². The van der Waals surface area contributed by atoms with Crippen molar-refractivity contribution >= 4 is 16.0 Å². The van der Waals surface area contributed by atoms with Crippen LogP contribution in [-0.2, 0) is 22.9 Å². The van der Waals surface area contributed by atoms with E-state index in [-0.39, 0.29) is 16.9 Å². The number of nitrogens with two attached hydrogens (primary N) is 1. The number of sulfonamides is 1. The van der Waals surface area contributed by atoms with Gasteiger partial charge in [0.05, 0.1) is 12.0 Å². The van der Waals surface area contributed by atoms with E-state index in [1.807, 2.05) is 0 Å². The Kier molecular flexibility index (Phi) is 4.18. The van der Waals surface area contributed by atoms with E-state index >= 15 is 0 Å². The summed E-state index contributed by atoms with van der Waals surface area (Å²) in [7, 11) is -2.03. The van der Waals surface area contributed by atoms with Gasteiger partial charge in [0.2, 0.25) is 16.0 Å². The van der Waals surface area contributed by atoms with Gasteiger partial charge in [-0.2, -0.15) is 0 Å². The molecule has 8 heteroatoms. The van der Waals surface area contributed by atoms with Gasteiger partial charge >= 0.3 is 0 Å². The molecule has 0 radical (unpaired) electrons. The minimum Gasteiger partial charge on any atom is -0.497 e. The van der Waals surface area contributed by atoms with E-state index in [2.05, 4.69) is 14.7 Å². The highest BCUT2D eigenvalue weighted by Gasteiger charge is 2.25. The Hall–Kier alpha value is -2.19. The number of fused-ring (bicyclic) bond motifs is 1. The molecule has 1 unspecified atom stereocenters. The predicted octanol–water partition coefficient (Wildman–Crippen LogP) is 0.903. The second kappa shape index (κ2) is 6.13. The van der Waals surface area contributed by atoms with Crippen molar-refractivity contribution in [3.05, 3.63) is 41.7 Å². The lowest BCUT2D eigenvalue weighted by atomic mass is 9.94. The van der Waals surface area contributed by atoms with E-state index in [0.29, 0.717) is 25.0 Å². The molecule has 1 atom stereocenters. The summed E-state index contributed by atoms with van der Waals surface area (Å²) in [4.78, 5) is 8.39. The van der Waals surface area contributed by atoms with E-state index in [1.165, 1.54) is 19.2 Å². The third-order valence-electron chi connectivity index (χ3n) is 3.86. The molecule has 1 aliphatic rings. The Morgan fingerprint density at radius 2 is 2.04 bits per heavy atom. The lowest BCUT2D eigenvalue weighted by Gasteiger charge is -2.24. The zero-order valence-corrected chi connectivity index (χ0v) is 13.5. The lowest BCUT2D eigenvalue weighted by Crippen LogP contribution is -2.39. The Morgan fingerprint density at radius 3 is 2.74 bits per heavy atom. The second-order valence-corrected chi connectivity index (χ2v) is 7.15. The lowest BCUT2D eigenvalue weighted by molar-refractivity contribution is 0.414. The average Bonchev–Trinajstić information content (AvgIpc) is 2.55. The summed E-state index contributed by atoms with van der Waals surface area (Å²) in [6.45, 7) is 0. The Bertz CT molecular complexity index is 806. The minimum absolute atomic E-state index is 0.179. The first kappa shape index (κ1) is 15.7. The monoisotopic (exact) mass is 334 g/mol. The number of rotatable bonds is 4. The van der Waals surface area contributed by atoms with Gasteiger partial charge in [0.15, 0.2) is 0 Å². The van der Waals surface area contributed by atoms with Crippen molar-refractivity contribution in [3.63, 3.8) is 0 Å². The van der Waals surface area contributed by atoms with Gasteiger partial charge in [-0.25, -0.2) is 23.1 Å². The maximum atomic E-state index is 12.5. The summed E-state index contributed by atoms with van der Waals surface area (Å²) < 4.78 is 32.7. The largest absolute Gasteiger partial charge is 0.497 e. The van der Waals surface area contributed by atoms with Crippen molar-refractivity contribution in [1.82, 2.24) is 14.7 Å². The molecule has 0 saturated heterocycles. The van der Waals surface area contributed by atoms with Gasteiger partial charge in [-0.3, -0.25) is 0 Å². The Balaban J connectivity index is 1.74. The fraction of sp³-hybridized carbons (Fsp3) is 0.333. The van der Waals surface area contributed by atoms with Crippen LogP contribution in [-0.4, -0.2) is 31.5 Å². The first-order valence-corrected chi connectivity index (χ1v) is 8.73. The summed E-state index contributed by atoms with van der Waals surface area (Å²) in [6, 6.07) is 6.13. The number of ether oxygens (including phenoxy) is 1. The minimum atomic E-state index is -3.57. The Morgan fingerprint density at radius 1 is 1.30 bits per heavy atom. The molecule has 0 bridgehead atoms. The molecule has 2 aromatic rings. The van der Waals surface area contributed by atoms with Crippen molar-refractivity contribution in [2.45, 2.75) is 30.2 Å². The fourth-order valence-corrected chi connectivity index (χ4v) is 3.94. The zero-order valence-electron chi connectivity index (χ0n) is 12.7. The van der Waals surface area contributed by atoms with Gasteiger partial charge in [-0.15, -0.1) is 0 Å². The van der Waals surface area contributed by atoms with Crippen LogP contribution in [0.4, 0.5) is 5.95 Å². The number of benzene rings is 1. The van der Waals surface area contributed by atoms with Crippen molar-refractivity contribution in [2.24, 2.45) is 0 Å². The zero-order chi connectivity index (χ0) is 16.4. The van der Waals surface area contributed by atoms with E-state index in [4.69, 9.17) is 10.5 Å². The second-order valence-electron chi connectivity index (χ2n) is 5.44. The third-order valence-corrected chi connectivity index (χ3v) is 5.40. The van der Waals surface area contributed by atoms with Crippen LogP contribution in [0.2, 0.25) is 0 Å². The van der Waals surface area contributed by atoms with Crippen LogP contribution in [0, 0.1) is 0 Å². The molecule has 0 aliphatic heterocycles. The maximum absolute atomic E-state index is 12.5. The highest BCUT2D eigenvalue weighted by molar-refractivity contribution is 7.89. The number of nitrogen functional groups attached to an aromatic ring is 1. The number of methoxy groups -OCH3 is 1. The quantitative estimate of drug-likeness (QED) is 0.860. The molecule has 3 rings (SSSR count). The van der Waals surface area contributed by atoms with Crippen LogP contribution in [0.5, 0.6) is 5.75 Å². The van der Waals surface area contributed by atoms with E-state index in [9.17, 15) is 8.42 Å². The molecule has 1 aromatic carbocycles. The number of hydrogen-bond acceptors (Lipinski definition) is 6. The van der Waals surface area contributed by atoms with E-state index < -0.39 is 10.0 Å². The van der Waals surface area contributed by atoms with E-state index in [0.717, 1.165) is 11.3 Å². The summed E-state index contributed by atoms with van der Waals surface area (Å²) in [5.41, 5.74) is 7.41. The smallest absolute Gasteiger partial charge is 0.240 e. The molecule has 1 aliphatic carbocycles. The van der Waals surface area contributed by atoms with Gasteiger partial charge in [-0.1, -0.05) is 0 Å². The van der Waals surface area contributed by atoms with Crippen molar-refractivity contribution in [3.8, 4) is 5.75 Å². The number of nitrogens with zero attached hydrogens (tertiary/aromatic N) is 2. The highest BCUT2D eigenvalue weighted by Crippen LogP contribution is 2.22. The van der Waals surface area contributed by atoms with Crippen molar-refractivity contribution in [2.75, 3.05) is 12.8 Å². The summed E-state index contributed by atoms with van der Waals surface area (Å²) in [5, 5.41) is 0. The summed E-state index contributed by atoms with van der Waals surface area (Å²) in [6.07, 6.45) is 3.59. The normalized spacial score (nSPS) is 17.5. The van der Waals surface area contributed by atoms with Gasteiger partial charge in [0.1, 0.15) is 5.75 Å². The molecule has 3 N–H and O–H groups in total. The van der Waals surface area contributed by atoms with Gasteiger partial charge < -0.3 is 10.5 Å². The third kappa shape index (κ3) is 3.43. The summed E-state index contributed by atoms with van der Waals surface area (Å²) >= 11 is 0. The summed E-state index contributed by atoms with van der Waals surface area (Å²) in [5.74, 6) is 0.867. The van der Waals surface area contributed by atoms with Gasteiger partial charge in [-0.05, 0) is 49.1 Å². The first-order chi connectivity index (χ1) is 11.0. The average molecular weight is 334 g/mol. The highest BCUT2D eigenvalue weighted by atomic mass is 32.2. The van der Waals surface area contributed by atoms with Crippen LogP contribution in [0.1, 0.15) is 17.7 Å². The number of aryl methyl sites for hydroxylation is 1. The molecule has 122 valence electrons. The molecular formula is C15H18N4O3S. The molecule has 1 heterocycles.